The van der Waals surface area contributed by atoms with Crippen LogP contribution < -0.4 is 4.90 Å². The topological polar surface area (TPSA) is 92.5 Å². The van der Waals surface area contributed by atoms with Gasteiger partial charge in [-0.2, -0.15) is 0 Å². The van der Waals surface area contributed by atoms with Gasteiger partial charge in [-0.1, -0.05) is 25.2 Å². The number of hydrogen-bond acceptors (Lipinski definition) is 7. The van der Waals surface area contributed by atoms with Crippen molar-refractivity contribution in [1.82, 2.24) is 14.9 Å². The van der Waals surface area contributed by atoms with Gasteiger partial charge in [-0.15, -0.1) is 0 Å². The normalized spacial score (nSPS) is 14.8. The van der Waals surface area contributed by atoms with Crippen LogP contribution in [0.25, 0.3) is 0 Å². The van der Waals surface area contributed by atoms with E-state index in [1.54, 1.807) is 4.90 Å². The summed E-state index contributed by atoms with van der Waals surface area (Å²) in [6.07, 6.45) is 0. The van der Waals surface area contributed by atoms with Crippen LogP contribution in [0, 0.1) is 17.0 Å². The van der Waals surface area contributed by atoms with Crippen LogP contribution in [0.5, 0.6) is 0 Å². The second-order valence-corrected chi connectivity index (χ2v) is 7.62. The highest BCUT2D eigenvalue weighted by atomic mass is 32.1. The van der Waals surface area contributed by atoms with E-state index in [2.05, 4.69) is 28.7 Å². The van der Waals surface area contributed by atoms with Crippen LogP contribution in [0.15, 0.2) is 18.2 Å². The minimum absolute atomic E-state index is 0.00957. The van der Waals surface area contributed by atoms with Crippen molar-refractivity contribution in [2.45, 2.75) is 26.7 Å². The number of nitrogens with zero attached hydrogens (tertiary/aromatic N) is 5. The molecule has 0 spiro atoms. The molecule has 2 aromatic heterocycles. The molecule has 0 saturated carbocycles. The maximum Gasteiger partial charge on any atom is 0.324 e. The quantitative estimate of drug-likeness (QED) is 0.603. The molecule has 0 aliphatic carbocycles. The molecule has 9 heteroatoms. The molecule has 0 N–H and O–H groups in total. The van der Waals surface area contributed by atoms with E-state index in [9.17, 15) is 14.9 Å². The van der Waals surface area contributed by atoms with Gasteiger partial charge >= 0.3 is 5.00 Å². The van der Waals surface area contributed by atoms with E-state index < -0.39 is 4.92 Å². The third-order valence-electron chi connectivity index (χ3n) is 4.25. The van der Waals surface area contributed by atoms with Gasteiger partial charge < -0.3 is 9.80 Å². The molecule has 1 aliphatic rings. The van der Waals surface area contributed by atoms with E-state index in [1.165, 1.54) is 12.1 Å². The minimum Gasteiger partial charge on any atom is -0.353 e. The number of carbonyl (C=O) groups is 1. The first-order valence-electron chi connectivity index (χ1n) is 8.49. The first-order chi connectivity index (χ1) is 12.3. The second kappa shape index (κ2) is 7.36. The molecule has 3 rings (SSSR count). The summed E-state index contributed by atoms with van der Waals surface area (Å²) >= 11 is 0.923. The van der Waals surface area contributed by atoms with Crippen molar-refractivity contribution in [3.63, 3.8) is 0 Å². The van der Waals surface area contributed by atoms with Gasteiger partial charge in [0.05, 0.1) is 9.80 Å². The molecule has 1 aliphatic heterocycles. The minimum atomic E-state index is -0.469. The number of aromatic nitrogens is 2. The Morgan fingerprint density at radius 1 is 1.23 bits per heavy atom. The van der Waals surface area contributed by atoms with Crippen LogP contribution in [-0.2, 0) is 0 Å². The smallest absolute Gasteiger partial charge is 0.324 e. The summed E-state index contributed by atoms with van der Waals surface area (Å²) in [6, 6.07) is 4.87. The Morgan fingerprint density at radius 2 is 1.92 bits per heavy atom. The Bertz CT molecular complexity index is 828. The van der Waals surface area contributed by atoms with E-state index in [0.717, 1.165) is 28.7 Å². The van der Waals surface area contributed by atoms with Crippen LogP contribution in [-0.4, -0.2) is 51.9 Å². The predicted octanol–water partition coefficient (Wildman–Crippen LogP) is 2.84. The first kappa shape index (κ1) is 18.2. The number of amides is 1. The molecule has 0 bridgehead atoms. The summed E-state index contributed by atoms with van der Waals surface area (Å²) in [5.41, 5.74) is 0.933. The number of piperazine rings is 1. The number of aryl methyl sites for hydroxylation is 1. The highest BCUT2D eigenvalue weighted by Crippen LogP contribution is 2.26. The van der Waals surface area contributed by atoms with Crippen molar-refractivity contribution in [2.24, 2.45) is 0 Å². The Morgan fingerprint density at radius 3 is 2.50 bits per heavy atom. The zero-order valence-corrected chi connectivity index (χ0v) is 15.8. The first-order valence-corrected chi connectivity index (χ1v) is 9.31. The third-order valence-corrected chi connectivity index (χ3v) is 5.27. The van der Waals surface area contributed by atoms with Crippen molar-refractivity contribution in [3.8, 4) is 0 Å². The number of hydrogen-bond donors (Lipinski definition) is 0. The van der Waals surface area contributed by atoms with Crippen molar-refractivity contribution < 1.29 is 9.72 Å². The fourth-order valence-electron chi connectivity index (χ4n) is 2.83. The molecule has 1 fully saturated rings. The lowest BCUT2D eigenvalue weighted by Gasteiger charge is -2.35. The molecule has 8 nitrogen and oxygen atoms in total. The predicted molar refractivity (Wildman–Crippen MR) is 99.9 cm³/mol. The summed E-state index contributed by atoms with van der Waals surface area (Å²) in [5, 5.41) is 10.8. The molecular formula is C17H21N5O3S. The van der Waals surface area contributed by atoms with Crippen molar-refractivity contribution in [1.29, 1.82) is 0 Å². The van der Waals surface area contributed by atoms with Gasteiger partial charge in [0.15, 0.2) is 0 Å². The van der Waals surface area contributed by atoms with E-state index >= 15 is 0 Å². The van der Waals surface area contributed by atoms with Crippen LogP contribution in [0.3, 0.4) is 0 Å². The molecule has 138 valence electrons. The Balaban J connectivity index is 1.67. The largest absolute Gasteiger partial charge is 0.353 e. The Labute approximate surface area is 155 Å². The molecule has 1 saturated heterocycles. The molecular weight excluding hydrogens is 354 g/mol. The lowest BCUT2D eigenvalue weighted by Crippen LogP contribution is -2.49. The van der Waals surface area contributed by atoms with Gasteiger partial charge in [-0.25, -0.2) is 9.97 Å². The molecule has 0 unspecified atom stereocenters. The van der Waals surface area contributed by atoms with Gasteiger partial charge in [-0.05, 0) is 13.0 Å². The van der Waals surface area contributed by atoms with Gasteiger partial charge in [0.1, 0.15) is 11.6 Å². The molecule has 0 aromatic carbocycles. The molecule has 2 aromatic rings. The lowest BCUT2D eigenvalue weighted by atomic mass is 10.2. The number of thiophene rings is 1. The Kier molecular flexibility index (Phi) is 5.17. The lowest BCUT2D eigenvalue weighted by molar-refractivity contribution is -0.380. The number of nitro groups is 1. The average Bonchev–Trinajstić information content (AvgIpc) is 3.11. The van der Waals surface area contributed by atoms with Crippen LogP contribution in [0.4, 0.5) is 10.8 Å². The summed E-state index contributed by atoms with van der Waals surface area (Å²) < 4.78 is 0. The van der Waals surface area contributed by atoms with Crippen molar-refractivity contribution in [3.05, 3.63) is 44.7 Å². The number of anilines is 1. The summed E-state index contributed by atoms with van der Waals surface area (Å²) in [5.74, 6) is 1.82. The second-order valence-electron chi connectivity index (χ2n) is 6.55. The SMILES string of the molecule is Cc1cc(N2CCN(C(=O)c3ccc([N+](=O)[O-])s3)CC2)nc(C(C)C)n1. The number of rotatable bonds is 4. The maximum atomic E-state index is 12.5. The van der Waals surface area contributed by atoms with Gasteiger partial charge in [-0.3, -0.25) is 14.9 Å². The molecule has 1 amide bonds. The van der Waals surface area contributed by atoms with Gasteiger partial charge in [0.25, 0.3) is 5.91 Å². The van der Waals surface area contributed by atoms with E-state index in [4.69, 9.17) is 0 Å². The van der Waals surface area contributed by atoms with E-state index in [1.807, 2.05) is 13.0 Å². The highest BCUT2D eigenvalue weighted by molar-refractivity contribution is 7.17. The fraction of sp³-hybridized carbons (Fsp3) is 0.471. The van der Waals surface area contributed by atoms with Crippen LogP contribution in [0.2, 0.25) is 0 Å². The standard InChI is InChI=1S/C17H21N5O3S/c1-11(2)16-18-12(3)10-14(19-16)20-6-8-21(9-7-20)17(23)13-4-5-15(26-13)22(24)25/h4-5,10-11H,6-9H2,1-3H3. The summed E-state index contributed by atoms with van der Waals surface area (Å²) in [6.45, 7) is 8.56. The van der Waals surface area contributed by atoms with Gasteiger partial charge in [0.2, 0.25) is 0 Å². The average molecular weight is 375 g/mol. The zero-order chi connectivity index (χ0) is 18.8. The van der Waals surface area contributed by atoms with Crippen molar-refractivity contribution in [2.75, 3.05) is 31.1 Å². The van der Waals surface area contributed by atoms with Crippen molar-refractivity contribution >= 4 is 28.1 Å². The van der Waals surface area contributed by atoms with Crippen LogP contribution in [0.1, 0.15) is 41.0 Å². The highest BCUT2D eigenvalue weighted by Gasteiger charge is 2.25. The fourth-order valence-corrected chi connectivity index (χ4v) is 3.62. The monoisotopic (exact) mass is 375 g/mol. The van der Waals surface area contributed by atoms with E-state index in [-0.39, 0.29) is 16.8 Å². The van der Waals surface area contributed by atoms with Gasteiger partial charge in [0, 0.05) is 49.9 Å². The molecule has 26 heavy (non-hydrogen) atoms. The molecule has 0 atom stereocenters. The number of carbonyl (C=O) groups excluding carboxylic acids is 1. The van der Waals surface area contributed by atoms with Crippen LogP contribution >= 0.6 is 11.3 Å². The zero-order valence-electron chi connectivity index (χ0n) is 15.0. The molecule has 0 radical (unpaired) electrons. The third kappa shape index (κ3) is 3.82. The van der Waals surface area contributed by atoms with E-state index in [0.29, 0.717) is 31.1 Å². The maximum absolute atomic E-state index is 12.5. The Hall–Kier alpha value is -2.55. The molecule has 3 heterocycles. The summed E-state index contributed by atoms with van der Waals surface area (Å²) in [4.78, 5) is 36.3. The summed E-state index contributed by atoms with van der Waals surface area (Å²) in [7, 11) is 0.